The summed E-state index contributed by atoms with van der Waals surface area (Å²) in [5, 5.41) is 4.04. The van der Waals surface area contributed by atoms with Crippen molar-refractivity contribution in [2.45, 2.75) is 65.5 Å². The molecule has 5 heteroatoms. The highest BCUT2D eigenvalue weighted by Crippen LogP contribution is 2.30. The standard InChI is InChI=1S/C21H28N2O2S/c1-13-7-10-18(14(2)12-13)21-23-16(4)19(26-21)20(24)22-15(3)8-9-17-6-5-11-25-17/h7,10,12,15,17H,5-6,8-9,11H2,1-4H3,(H,22,24)/t15-,17+/m0/s1. The highest BCUT2D eigenvalue weighted by atomic mass is 32.1. The van der Waals surface area contributed by atoms with Gasteiger partial charge in [-0.1, -0.05) is 23.8 Å². The summed E-state index contributed by atoms with van der Waals surface area (Å²) in [6.45, 7) is 9.03. The number of hydrogen-bond donors (Lipinski definition) is 1. The van der Waals surface area contributed by atoms with Crippen molar-refractivity contribution in [3.8, 4) is 10.6 Å². The van der Waals surface area contributed by atoms with E-state index < -0.39 is 0 Å². The number of thiazole rings is 1. The summed E-state index contributed by atoms with van der Waals surface area (Å²) in [5.74, 6) is -0.0177. The van der Waals surface area contributed by atoms with Gasteiger partial charge in [-0.15, -0.1) is 11.3 Å². The van der Waals surface area contributed by atoms with Gasteiger partial charge in [0.15, 0.2) is 0 Å². The highest BCUT2D eigenvalue weighted by molar-refractivity contribution is 7.17. The first-order valence-corrected chi connectivity index (χ1v) is 10.2. The quantitative estimate of drug-likeness (QED) is 0.791. The molecule has 3 rings (SSSR count). The molecule has 2 heterocycles. The van der Waals surface area contributed by atoms with Crippen LogP contribution in [-0.2, 0) is 4.74 Å². The highest BCUT2D eigenvalue weighted by Gasteiger charge is 2.20. The monoisotopic (exact) mass is 372 g/mol. The van der Waals surface area contributed by atoms with Crippen LogP contribution in [0.25, 0.3) is 10.6 Å². The van der Waals surface area contributed by atoms with Gasteiger partial charge < -0.3 is 10.1 Å². The van der Waals surface area contributed by atoms with Crippen LogP contribution in [0.2, 0.25) is 0 Å². The zero-order chi connectivity index (χ0) is 18.7. The SMILES string of the molecule is Cc1ccc(-c2nc(C)c(C(=O)N[C@@H](C)CC[C@H]3CCCO3)s2)c(C)c1. The maximum Gasteiger partial charge on any atom is 0.263 e. The number of rotatable bonds is 6. The van der Waals surface area contributed by atoms with Crippen LogP contribution in [0.15, 0.2) is 18.2 Å². The molecule has 0 spiro atoms. The molecule has 1 aliphatic heterocycles. The number of carbonyl (C=O) groups excluding carboxylic acids is 1. The van der Waals surface area contributed by atoms with Gasteiger partial charge in [-0.25, -0.2) is 4.98 Å². The van der Waals surface area contributed by atoms with E-state index in [-0.39, 0.29) is 11.9 Å². The summed E-state index contributed by atoms with van der Waals surface area (Å²) in [6.07, 6.45) is 4.63. The molecule has 1 aliphatic rings. The Hall–Kier alpha value is -1.72. The van der Waals surface area contributed by atoms with E-state index in [0.29, 0.717) is 11.0 Å². The van der Waals surface area contributed by atoms with E-state index in [1.807, 2.05) is 6.92 Å². The second-order valence-electron chi connectivity index (χ2n) is 7.34. The number of benzene rings is 1. The van der Waals surface area contributed by atoms with Crippen molar-refractivity contribution in [1.82, 2.24) is 10.3 Å². The predicted molar refractivity (Wildman–Crippen MR) is 107 cm³/mol. The van der Waals surface area contributed by atoms with E-state index >= 15 is 0 Å². The number of carbonyl (C=O) groups is 1. The third-order valence-corrected chi connectivity index (χ3v) is 6.13. The zero-order valence-electron chi connectivity index (χ0n) is 16.1. The van der Waals surface area contributed by atoms with Gasteiger partial charge >= 0.3 is 0 Å². The first kappa shape index (κ1) is 19.1. The lowest BCUT2D eigenvalue weighted by molar-refractivity contribution is 0.0902. The Morgan fingerprint density at radius 1 is 1.38 bits per heavy atom. The molecule has 0 radical (unpaired) electrons. The number of nitrogens with zero attached hydrogens (tertiary/aromatic N) is 1. The molecule has 26 heavy (non-hydrogen) atoms. The molecule has 0 unspecified atom stereocenters. The van der Waals surface area contributed by atoms with Crippen molar-refractivity contribution < 1.29 is 9.53 Å². The molecule has 0 aliphatic carbocycles. The van der Waals surface area contributed by atoms with Crippen molar-refractivity contribution >= 4 is 17.2 Å². The molecule has 140 valence electrons. The number of ether oxygens (including phenoxy) is 1. The van der Waals surface area contributed by atoms with E-state index in [1.54, 1.807) is 0 Å². The Morgan fingerprint density at radius 3 is 2.88 bits per heavy atom. The smallest absolute Gasteiger partial charge is 0.263 e. The molecular formula is C21H28N2O2S. The van der Waals surface area contributed by atoms with Gasteiger partial charge in [-0.2, -0.15) is 0 Å². The van der Waals surface area contributed by atoms with Gasteiger partial charge in [0, 0.05) is 18.2 Å². The first-order chi connectivity index (χ1) is 12.4. The van der Waals surface area contributed by atoms with Crippen LogP contribution in [0.4, 0.5) is 0 Å². The number of amides is 1. The summed E-state index contributed by atoms with van der Waals surface area (Å²) in [6, 6.07) is 6.47. The van der Waals surface area contributed by atoms with E-state index in [9.17, 15) is 4.79 Å². The van der Waals surface area contributed by atoms with E-state index in [0.717, 1.165) is 48.6 Å². The third-order valence-electron chi connectivity index (χ3n) is 4.94. The van der Waals surface area contributed by atoms with E-state index in [1.165, 1.54) is 22.5 Å². The Kier molecular flexibility index (Phi) is 6.09. The molecule has 0 saturated carbocycles. The van der Waals surface area contributed by atoms with Crippen molar-refractivity contribution in [3.63, 3.8) is 0 Å². The lowest BCUT2D eigenvalue weighted by Gasteiger charge is -2.16. The summed E-state index contributed by atoms with van der Waals surface area (Å²) < 4.78 is 5.66. The number of aryl methyl sites for hydroxylation is 3. The molecule has 1 fully saturated rings. The zero-order valence-corrected chi connectivity index (χ0v) is 16.9. The molecule has 2 aromatic rings. The van der Waals surface area contributed by atoms with Gasteiger partial charge in [-0.05, 0) is 58.9 Å². The Balaban J connectivity index is 1.65. The van der Waals surface area contributed by atoms with Crippen molar-refractivity contribution in [1.29, 1.82) is 0 Å². The molecule has 1 saturated heterocycles. The average Bonchev–Trinajstić information content (AvgIpc) is 3.22. The fraction of sp³-hybridized carbons (Fsp3) is 0.524. The molecule has 1 amide bonds. The van der Waals surface area contributed by atoms with Crippen LogP contribution < -0.4 is 5.32 Å². The van der Waals surface area contributed by atoms with Crippen molar-refractivity contribution in [2.24, 2.45) is 0 Å². The number of aromatic nitrogens is 1. The molecular weight excluding hydrogens is 344 g/mol. The fourth-order valence-electron chi connectivity index (χ4n) is 3.45. The second kappa shape index (κ2) is 8.31. The summed E-state index contributed by atoms with van der Waals surface area (Å²) in [4.78, 5) is 18.0. The van der Waals surface area contributed by atoms with E-state index in [4.69, 9.17) is 4.74 Å². The molecule has 2 atom stereocenters. The van der Waals surface area contributed by atoms with Gasteiger partial charge in [0.1, 0.15) is 9.88 Å². The van der Waals surface area contributed by atoms with Crippen LogP contribution in [0.5, 0.6) is 0 Å². The predicted octanol–water partition coefficient (Wildman–Crippen LogP) is 4.81. The molecule has 1 aromatic carbocycles. The minimum absolute atomic E-state index is 0.0177. The van der Waals surface area contributed by atoms with Crippen LogP contribution in [-0.4, -0.2) is 29.6 Å². The largest absolute Gasteiger partial charge is 0.378 e. The first-order valence-electron chi connectivity index (χ1n) is 9.41. The molecule has 4 nitrogen and oxygen atoms in total. The molecule has 1 N–H and O–H groups in total. The Bertz CT molecular complexity index is 778. The van der Waals surface area contributed by atoms with Crippen molar-refractivity contribution in [3.05, 3.63) is 39.9 Å². The van der Waals surface area contributed by atoms with Crippen LogP contribution >= 0.6 is 11.3 Å². The van der Waals surface area contributed by atoms with Gasteiger partial charge in [0.05, 0.1) is 11.8 Å². The van der Waals surface area contributed by atoms with Gasteiger partial charge in [0.25, 0.3) is 5.91 Å². The third kappa shape index (κ3) is 4.51. The number of nitrogens with one attached hydrogen (secondary N) is 1. The molecule has 1 aromatic heterocycles. The fourth-order valence-corrected chi connectivity index (χ4v) is 4.51. The second-order valence-corrected chi connectivity index (χ2v) is 8.34. The number of hydrogen-bond acceptors (Lipinski definition) is 4. The average molecular weight is 373 g/mol. The maximum absolute atomic E-state index is 12.7. The summed E-state index contributed by atoms with van der Waals surface area (Å²) in [7, 11) is 0. The van der Waals surface area contributed by atoms with Crippen LogP contribution in [0.1, 0.15) is 59.1 Å². The van der Waals surface area contributed by atoms with Crippen LogP contribution in [0, 0.1) is 20.8 Å². The maximum atomic E-state index is 12.7. The lowest BCUT2D eigenvalue weighted by Crippen LogP contribution is -2.33. The lowest BCUT2D eigenvalue weighted by atomic mass is 10.1. The Morgan fingerprint density at radius 2 is 2.19 bits per heavy atom. The normalized spacial score (nSPS) is 18.1. The summed E-state index contributed by atoms with van der Waals surface area (Å²) >= 11 is 1.48. The Labute approximate surface area is 160 Å². The van der Waals surface area contributed by atoms with Gasteiger partial charge in [0.2, 0.25) is 0 Å². The van der Waals surface area contributed by atoms with Crippen molar-refractivity contribution in [2.75, 3.05) is 6.61 Å². The van der Waals surface area contributed by atoms with Gasteiger partial charge in [-0.3, -0.25) is 4.79 Å². The summed E-state index contributed by atoms with van der Waals surface area (Å²) in [5.41, 5.74) is 4.33. The minimum atomic E-state index is -0.0177. The van der Waals surface area contributed by atoms with E-state index in [2.05, 4.69) is 49.3 Å². The van der Waals surface area contributed by atoms with Crippen LogP contribution in [0.3, 0.4) is 0 Å². The molecule has 0 bridgehead atoms. The topological polar surface area (TPSA) is 51.2 Å². The minimum Gasteiger partial charge on any atom is -0.378 e.